The summed E-state index contributed by atoms with van der Waals surface area (Å²) in [7, 11) is 0. The van der Waals surface area contributed by atoms with Crippen LogP contribution in [-0.4, -0.2) is 22.9 Å². The lowest BCUT2D eigenvalue weighted by Crippen LogP contribution is -2.06. The molecule has 2 N–H and O–H groups in total. The van der Waals surface area contributed by atoms with Gasteiger partial charge in [-0.2, -0.15) is 0 Å². The Morgan fingerprint density at radius 2 is 1.69 bits per heavy atom. The highest BCUT2D eigenvalue weighted by atomic mass is 35.5. The first-order valence-electron chi connectivity index (χ1n) is 11.4. The first-order valence-corrected chi connectivity index (χ1v) is 11.8. The number of nitrogens with one attached hydrogen (secondary N) is 1. The predicted octanol–water partition coefficient (Wildman–Crippen LogP) is 8.02. The molecule has 0 fully saturated rings. The molecule has 5 nitrogen and oxygen atoms in total. The van der Waals surface area contributed by atoms with Crippen molar-refractivity contribution in [2.45, 2.75) is 19.8 Å². The molecule has 0 aliphatic carbocycles. The van der Waals surface area contributed by atoms with Gasteiger partial charge < -0.3 is 19.6 Å². The highest BCUT2D eigenvalue weighted by molar-refractivity contribution is 6.34. The third kappa shape index (κ3) is 4.55. The lowest BCUT2D eigenvalue weighted by Gasteiger charge is -2.10. The number of para-hydroxylation sites is 1. The summed E-state index contributed by atoms with van der Waals surface area (Å²) in [6, 6.07) is 25.8. The molecular weight excluding hydrogens is 462 g/mol. The van der Waals surface area contributed by atoms with Gasteiger partial charge in [-0.15, -0.1) is 0 Å². The summed E-state index contributed by atoms with van der Waals surface area (Å²) in [6.45, 7) is 2.49. The van der Waals surface area contributed by atoms with Gasteiger partial charge in [0.15, 0.2) is 0 Å². The zero-order valence-electron chi connectivity index (χ0n) is 19.2. The number of H-pyrrole nitrogens is 1. The molecular formula is C29H24ClNO4. The van der Waals surface area contributed by atoms with Crippen LogP contribution in [0.1, 0.15) is 17.5 Å². The topological polar surface area (TPSA) is 71.6 Å². The van der Waals surface area contributed by atoms with Crippen molar-refractivity contribution < 1.29 is 19.4 Å². The van der Waals surface area contributed by atoms with Crippen LogP contribution in [0.5, 0.6) is 11.6 Å². The van der Waals surface area contributed by atoms with Crippen molar-refractivity contribution in [3.63, 3.8) is 0 Å². The van der Waals surface area contributed by atoms with Crippen LogP contribution in [0.25, 0.3) is 32.8 Å². The molecule has 0 aliphatic heterocycles. The predicted molar refractivity (Wildman–Crippen MR) is 140 cm³/mol. The minimum Gasteiger partial charge on any atom is -0.493 e. The number of aromatic amines is 1. The molecule has 0 bridgehead atoms. The van der Waals surface area contributed by atoms with Gasteiger partial charge in [0, 0.05) is 32.5 Å². The van der Waals surface area contributed by atoms with Gasteiger partial charge >= 0.3 is 6.16 Å². The smallest absolute Gasteiger partial charge is 0.493 e. The van der Waals surface area contributed by atoms with E-state index >= 15 is 0 Å². The van der Waals surface area contributed by atoms with Crippen molar-refractivity contribution in [1.29, 1.82) is 0 Å². The average Bonchev–Trinajstić information content (AvgIpc) is 3.19. The van der Waals surface area contributed by atoms with Gasteiger partial charge in [-0.05, 0) is 42.8 Å². The minimum absolute atomic E-state index is 0.231. The lowest BCUT2D eigenvalue weighted by molar-refractivity contribution is 0.142. The molecule has 0 spiro atoms. The molecule has 176 valence electrons. The van der Waals surface area contributed by atoms with Gasteiger partial charge in [0.2, 0.25) is 5.88 Å². The second-order valence-electron chi connectivity index (χ2n) is 8.39. The maximum Gasteiger partial charge on any atom is 0.512 e. The van der Waals surface area contributed by atoms with Crippen molar-refractivity contribution in [3.05, 3.63) is 95.0 Å². The lowest BCUT2D eigenvalue weighted by atomic mass is 9.97. The normalized spacial score (nSPS) is 11.1. The fraction of sp³-hybridized carbons (Fsp3) is 0.138. The largest absolute Gasteiger partial charge is 0.512 e. The zero-order chi connectivity index (χ0) is 24.4. The third-order valence-electron chi connectivity index (χ3n) is 6.16. The Morgan fingerprint density at radius 3 is 2.51 bits per heavy atom. The molecule has 5 aromatic rings. The Balaban J connectivity index is 1.44. The highest BCUT2D eigenvalue weighted by Crippen LogP contribution is 2.39. The van der Waals surface area contributed by atoms with Crippen molar-refractivity contribution >= 4 is 39.4 Å². The van der Waals surface area contributed by atoms with Crippen molar-refractivity contribution in [1.82, 2.24) is 4.98 Å². The number of ether oxygens (including phenoxy) is 2. The molecule has 4 aromatic carbocycles. The molecule has 1 aromatic heterocycles. The van der Waals surface area contributed by atoms with E-state index in [9.17, 15) is 9.90 Å². The summed E-state index contributed by atoms with van der Waals surface area (Å²) in [5, 5.41) is 13.1. The van der Waals surface area contributed by atoms with Gasteiger partial charge in [-0.3, -0.25) is 0 Å². The molecule has 0 saturated heterocycles. The van der Waals surface area contributed by atoms with Crippen molar-refractivity contribution in [2.24, 2.45) is 0 Å². The Bertz CT molecular complexity index is 1510. The summed E-state index contributed by atoms with van der Waals surface area (Å²) in [6.07, 6.45) is -0.0971. The quantitative estimate of drug-likeness (QED) is 0.181. The van der Waals surface area contributed by atoms with Crippen LogP contribution in [0.15, 0.2) is 78.9 Å². The fourth-order valence-electron chi connectivity index (χ4n) is 4.61. The SMILES string of the molecule is Cc1cccc(Cl)c1-c1cccc2c(CCCOc3cccc4ccccc34)c(OC(=O)O)[nH]c12. The highest BCUT2D eigenvalue weighted by Gasteiger charge is 2.19. The maximum atomic E-state index is 11.4. The van der Waals surface area contributed by atoms with Crippen LogP contribution < -0.4 is 9.47 Å². The van der Waals surface area contributed by atoms with E-state index in [0.717, 1.165) is 49.7 Å². The van der Waals surface area contributed by atoms with Crippen LogP contribution in [0, 0.1) is 6.92 Å². The standard InChI is InChI=1S/C29H24ClNO4/c1-18-8-4-15-24(30)26(18)23-13-6-12-21-22(28(31-27(21)23)35-29(32)33)14-7-17-34-25-16-5-10-19-9-2-3-11-20(19)25/h2-6,8-13,15-16,31H,7,14,17H2,1H3,(H,32,33). The second-order valence-corrected chi connectivity index (χ2v) is 8.80. The van der Waals surface area contributed by atoms with Crippen LogP contribution in [0.2, 0.25) is 5.02 Å². The Kier molecular flexibility index (Phi) is 6.34. The van der Waals surface area contributed by atoms with Gasteiger partial charge in [0.25, 0.3) is 0 Å². The Hall–Kier alpha value is -3.96. The van der Waals surface area contributed by atoms with Gasteiger partial charge in [0.1, 0.15) is 5.75 Å². The number of hydrogen-bond acceptors (Lipinski definition) is 3. The molecule has 0 aliphatic rings. The number of rotatable bonds is 7. The number of benzene rings is 4. The molecule has 0 saturated carbocycles. The van der Waals surface area contributed by atoms with E-state index in [2.05, 4.69) is 17.1 Å². The fourth-order valence-corrected chi connectivity index (χ4v) is 4.93. The van der Waals surface area contributed by atoms with E-state index in [4.69, 9.17) is 21.1 Å². The number of aryl methyl sites for hydroxylation is 2. The molecule has 6 heteroatoms. The number of hydrogen-bond donors (Lipinski definition) is 2. The van der Waals surface area contributed by atoms with Gasteiger partial charge in [-0.25, -0.2) is 4.79 Å². The van der Waals surface area contributed by atoms with Crippen LogP contribution in [0.4, 0.5) is 4.79 Å². The molecule has 0 atom stereocenters. The monoisotopic (exact) mass is 485 g/mol. The number of halogens is 1. The Labute approximate surface area is 207 Å². The molecule has 5 rings (SSSR count). The maximum absolute atomic E-state index is 11.4. The summed E-state index contributed by atoms with van der Waals surface area (Å²) in [5.41, 5.74) is 4.44. The summed E-state index contributed by atoms with van der Waals surface area (Å²) in [4.78, 5) is 14.6. The van der Waals surface area contributed by atoms with E-state index in [-0.39, 0.29) is 5.88 Å². The van der Waals surface area contributed by atoms with Crippen LogP contribution >= 0.6 is 11.6 Å². The van der Waals surface area contributed by atoms with Crippen molar-refractivity contribution in [3.8, 4) is 22.8 Å². The summed E-state index contributed by atoms with van der Waals surface area (Å²) in [5.74, 6) is 1.07. The van der Waals surface area contributed by atoms with E-state index < -0.39 is 6.16 Å². The molecule has 0 radical (unpaired) electrons. The first-order chi connectivity index (χ1) is 17.0. The van der Waals surface area contributed by atoms with E-state index in [1.165, 1.54) is 0 Å². The number of fused-ring (bicyclic) bond motifs is 2. The van der Waals surface area contributed by atoms with E-state index in [1.54, 1.807) is 0 Å². The number of carboxylic acid groups (broad SMARTS) is 1. The minimum atomic E-state index is -1.36. The zero-order valence-corrected chi connectivity index (χ0v) is 19.9. The molecule has 1 heterocycles. The van der Waals surface area contributed by atoms with E-state index in [0.29, 0.717) is 24.5 Å². The van der Waals surface area contributed by atoms with Gasteiger partial charge in [0.05, 0.1) is 12.1 Å². The second kappa shape index (κ2) is 9.72. The van der Waals surface area contributed by atoms with Crippen LogP contribution in [0.3, 0.4) is 0 Å². The average molecular weight is 486 g/mol. The van der Waals surface area contributed by atoms with Crippen LogP contribution in [-0.2, 0) is 6.42 Å². The number of carbonyl (C=O) groups is 1. The third-order valence-corrected chi connectivity index (χ3v) is 6.48. The van der Waals surface area contributed by atoms with Gasteiger partial charge in [-0.1, -0.05) is 78.3 Å². The molecule has 35 heavy (non-hydrogen) atoms. The molecule has 0 unspecified atom stereocenters. The molecule has 0 amide bonds. The Morgan fingerprint density at radius 1 is 0.943 bits per heavy atom. The summed E-state index contributed by atoms with van der Waals surface area (Å²) >= 11 is 6.54. The number of aromatic nitrogens is 1. The van der Waals surface area contributed by atoms with E-state index in [1.807, 2.05) is 73.7 Å². The first kappa shape index (κ1) is 22.8. The summed E-state index contributed by atoms with van der Waals surface area (Å²) < 4.78 is 11.2. The van der Waals surface area contributed by atoms with Crippen molar-refractivity contribution in [2.75, 3.05) is 6.61 Å².